The predicted molar refractivity (Wildman–Crippen MR) is 131 cm³/mol. The Kier molecular flexibility index (Phi) is 9.20. The molecule has 0 aliphatic carbocycles. The Morgan fingerprint density at radius 2 is 1.11 bits per heavy atom. The van der Waals surface area contributed by atoms with Gasteiger partial charge in [0.2, 0.25) is 12.2 Å². The van der Waals surface area contributed by atoms with Crippen LogP contribution in [0.2, 0.25) is 10.0 Å². The highest BCUT2D eigenvalue weighted by atomic mass is 35.5. The number of esters is 2. The lowest BCUT2D eigenvalue weighted by atomic mass is 10.1. The molecule has 3 aromatic carbocycles. The first-order valence-corrected chi connectivity index (χ1v) is 11.2. The first-order chi connectivity index (χ1) is 17.7. The fourth-order valence-corrected chi connectivity index (χ4v) is 3.38. The molecule has 10 nitrogen and oxygen atoms in total. The van der Waals surface area contributed by atoms with E-state index in [2.05, 4.69) is 5.43 Å². The molecule has 0 aliphatic heterocycles. The van der Waals surface area contributed by atoms with Crippen molar-refractivity contribution >= 4 is 52.9 Å². The van der Waals surface area contributed by atoms with Gasteiger partial charge >= 0.3 is 17.9 Å². The molecule has 0 heterocycles. The maximum atomic E-state index is 12.9. The predicted octanol–water partition coefficient (Wildman–Crippen LogP) is 3.29. The van der Waals surface area contributed by atoms with Crippen LogP contribution >= 0.6 is 23.2 Å². The third-order valence-corrected chi connectivity index (χ3v) is 5.43. The van der Waals surface area contributed by atoms with E-state index in [4.69, 9.17) is 32.7 Å². The minimum Gasteiger partial charge on any atom is -0.478 e. The van der Waals surface area contributed by atoms with Crippen molar-refractivity contribution in [2.75, 3.05) is 0 Å². The Morgan fingerprint density at radius 3 is 1.59 bits per heavy atom. The number of carbonyl (C=O) groups is 5. The van der Waals surface area contributed by atoms with Gasteiger partial charge in [-0.2, -0.15) is 0 Å². The lowest BCUT2D eigenvalue weighted by Gasteiger charge is -2.24. The van der Waals surface area contributed by atoms with Crippen LogP contribution < -0.4 is 10.9 Å². The molecular formula is C25H18Cl2N2O8. The standard InChI is InChI=1S/C25H18Cl2N2O8/c26-17-12-6-4-10-15(17)24(34)36-19(22(31)29-28-21(30)14-8-2-1-3-9-14)20(23(32)33)37-25(35)16-11-5-7-13-18(16)27/h1-13,19-20H,(H,28,30)(H,29,31)(H,32,33)/t19-,20+/m1/s1. The number of halogens is 2. The summed E-state index contributed by atoms with van der Waals surface area (Å²) >= 11 is 12.0. The number of benzene rings is 3. The number of ether oxygens (including phenoxy) is 2. The van der Waals surface area contributed by atoms with E-state index in [1.165, 1.54) is 60.7 Å². The molecule has 0 spiro atoms. The lowest BCUT2D eigenvalue weighted by Crippen LogP contribution is -2.54. The molecule has 0 radical (unpaired) electrons. The average molecular weight is 545 g/mol. The van der Waals surface area contributed by atoms with Gasteiger partial charge in [0.1, 0.15) is 0 Å². The number of hydrogen-bond acceptors (Lipinski definition) is 7. The Bertz CT molecular complexity index is 1330. The van der Waals surface area contributed by atoms with Gasteiger partial charge in [0.05, 0.1) is 21.2 Å². The molecule has 190 valence electrons. The summed E-state index contributed by atoms with van der Waals surface area (Å²) in [5, 5.41) is 9.68. The number of hydrazine groups is 1. The molecular weight excluding hydrogens is 527 g/mol. The van der Waals surface area contributed by atoms with Crippen molar-refractivity contribution in [1.29, 1.82) is 0 Å². The van der Waals surface area contributed by atoms with Crippen LogP contribution in [0.1, 0.15) is 31.1 Å². The molecule has 3 rings (SSSR count). The Hall–Kier alpha value is -4.41. The van der Waals surface area contributed by atoms with Crippen molar-refractivity contribution < 1.29 is 38.6 Å². The summed E-state index contributed by atoms with van der Waals surface area (Å²) in [6.45, 7) is 0. The van der Waals surface area contributed by atoms with Gasteiger partial charge in [-0.05, 0) is 36.4 Å². The highest BCUT2D eigenvalue weighted by Gasteiger charge is 2.41. The fraction of sp³-hybridized carbons (Fsp3) is 0.0800. The molecule has 2 atom stereocenters. The topological polar surface area (TPSA) is 148 Å². The molecule has 0 saturated heterocycles. The van der Waals surface area contributed by atoms with E-state index in [0.29, 0.717) is 0 Å². The van der Waals surface area contributed by atoms with E-state index in [0.717, 1.165) is 0 Å². The summed E-state index contributed by atoms with van der Waals surface area (Å²) in [6, 6.07) is 19.0. The van der Waals surface area contributed by atoms with E-state index in [-0.39, 0.29) is 26.7 Å². The summed E-state index contributed by atoms with van der Waals surface area (Å²) in [7, 11) is 0. The molecule has 3 aromatic rings. The zero-order chi connectivity index (χ0) is 26.9. The van der Waals surface area contributed by atoms with Crippen LogP contribution in [0.3, 0.4) is 0 Å². The number of rotatable bonds is 8. The van der Waals surface area contributed by atoms with Gasteiger partial charge in [-0.1, -0.05) is 65.7 Å². The average Bonchev–Trinajstić information content (AvgIpc) is 2.89. The number of aliphatic carboxylic acids is 1. The van der Waals surface area contributed by atoms with E-state index in [1.807, 2.05) is 5.43 Å². The molecule has 0 unspecified atom stereocenters. The van der Waals surface area contributed by atoms with Gasteiger partial charge in [-0.15, -0.1) is 0 Å². The van der Waals surface area contributed by atoms with Crippen molar-refractivity contribution in [3.05, 3.63) is 106 Å². The second-order valence-corrected chi connectivity index (χ2v) is 8.07. The first-order valence-electron chi connectivity index (χ1n) is 10.5. The van der Waals surface area contributed by atoms with Crippen LogP contribution in [0, 0.1) is 0 Å². The summed E-state index contributed by atoms with van der Waals surface area (Å²) in [5.74, 6) is -6.24. The summed E-state index contributed by atoms with van der Waals surface area (Å²) in [5.41, 5.74) is 3.86. The van der Waals surface area contributed by atoms with Gasteiger partial charge in [-0.3, -0.25) is 20.4 Å². The van der Waals surface area contributed by atoms with Crippen LogP contribution in [0.25, 0.3) is 0 Å². The highest BCUT2D eigenvalue weighted by molar-refractivity contribution is 6.34. The van der Waals surface area contributed by atoms with Crippen molar-refractivity contribution in [2.45, 2.75) is 12.2 Å². The molecule has 0 saturated carbocycles. The maximum Gasteiger partial charge on any atom is 0.349 e. The van der Waals surface area contributed by atoms with Crippen LogP contribution in [0.4, 0.5) is 0 Å². The van der Waals surface area contributed by atoms with Crippen LogP contribution in [-0.2, 0) is 19.1 Å². The van der Waals surface area contributed by atoms with Gasteiger partial charge in [0, 0.05) is 5.56 Å². The molecule has 3 N–H and O–H groups in total. The number of nitrogens with one attached hydrogen (secondary N) is 2. The van der Waals surface area contributed by atoms with Crippen LogP contribution in [0.5, 0.6) is 0 Å². The maximum absolute atomic E-state index is 12.9. The second-order valence-electron chi connectivity index (χ2n) is 7.26. The zero-order valence-corrected chi connectivity index (χ0v) is 20.2. The van der Waals surface area contributed by atoms with Crippen molar-refractivity contribution in [3.63, 3.8) is 0 Å². The molecule has 2 amide bonds. The molecule has 0 aromatic heterocycles. The Morgan fingerprint density at radius 1 is 0.649 bits per heavy atom. The van der Waals surface area contributed by atoms with Crippen molar-refractivity contribution in [2.24, 2.45) is 0 Å². The third kappa shape index (κ3) is 7.06. The lowest BCUT2D eigenvalue weighted by molar-refractivity contribution is -0.159. The summed E-state index contributed by atoms with van der Waals surface area (Å²) in [4.78, 5) is 62.7. The molecule has 0 fully saturated rings. The van der Waals surface area contributed by atoms with Gasteiger partial charge in [0.15, 0.2) is 0 Å². The number of amides is 2. The van der Waals surface area contributed by atoms with E-state index in [9.17, 15) is 29.1 Å². The number of carboxylic acids is 1. The normalized spacial score (nSPS) is 11.9. The molecule has 12 heteroatoms. The van der Waals surface area contributed by atoms with Crippen LogP contribution in [0.15, 0.2) is 78.9 Å². The minimum atomic E-state index is -2.33. The SMILES string of the molecule is O=C(NNC(=O)[C@H](OC(=O)c1ccccc1Cl)[C@H](OC(=O)c1ccccc1Cl)C(=O)O)c1ccccc1. The first kappa shape index (κ1) is 27.2. The van der Waals surface area contributed by atoms with Crippen molar-refractivity contribution in [3.8, 4) is 0 Å². The van der Waals surface area contributed by atoms with Gasteiger partial charge in [0.25, 0.3) is 11.8 Å². The number of carbonyl (C=O) groups excluding carboxylic acids is 4. The largest absolute Gasteiger partial charge is 0.478 e. The van der Waals surface area contributed by atoms with Crippen molar-refractivity contribution in [1.82, 2.24) is 10.9 Å². The second kappa shape index (κ2) is 12.5. The van der Waals surface area contributed by atoms with Gasteiger partial charge < -0.3 is 14.6 Å². The third-order valence-electron chi connectivity index (χ3n) is 4.77. The molecule has 37 heavy (non-hydrogen) atoms. The van der Waals surface area contributed by atoms with E-state index >= 15 is 0 Å². The van der Waals surface area contributed by atoms with E-state index < -0.39 is 41.9 Å². The summed E-state index contributed by atoms with van der Waals surface area (Å²) in [6.07, 6.45) is -4.58. The van der Waals surface area contributed by atoms with Crippen LogP contribution in [-0.4, -0.2) is 47.0 Å². The van der Waals surface area contributed by atoms with Gasteiger partial charge in [-0.25, -0.2) is 14.4 Å². The number of carboxylic acid groups (broad SMARTS) is 1. The minimum absolute atomic E-state index is 0.0380. The Labute approximate surface area is 220 Å². The van der Waals surface area contributed by atoms with E-state index in [1.54, 1.807) is 18.2 Å². The Balaban J connectivity index is 1.87. The number of hydrogen-bond donors (Lipinski definition) is 3. The molecule has 0 bridgehead atoms. The summed E-state index contributed by atoms with van der Waals surface area (Å²) < 4.78 is 10.1. The highest BCUT2D eigenvalue weighted by Crippen LogP contribution is 2.20. The monoisotopic (exact) mass is 544 g/mol. The quantitative estimate of drug-likeness (QED) is 0.289. The zero-order valence-electron chi connectivity index (χ0n) is 18.7. The molecule has 0 aliphatic rings. The smallest absolute Gasteiger partial charge is 0.349 e. The fourth-order valence-electron chi connectivity index (χ4n) is 2.96.